The average molecular weight is 260 g/mol. The molecule has 1 amide bonds. The number of nitrogens with two attached hydrogens (primary N) is 1. The van der Waals surface area contributed by atoms with E-state index in [0.29, 0.717) is 6.54 Å². The first-order valence-electron chi connectivity index (χ1n) is 7.24. The summed E-state index contributed by atoms with van der Waals surface area (Å²) in [5.41, 5.74) is 7.21. The van der Waals surface area contributed by atoms with Gasteiger partial charge in [0.15, 0.2) is 0 Å². The molecule has 3 nitrogen and oxygen atoms in total. The summed E-state index contributed by atoms with van der Waals surface area (Å²) in [4.78, 5) is 14.7. The topological polar surface area (TPSA) is 46.3 Å². The molecular weight excluding hydrogens is 236 g/mol. The van der Waals surface area contributed by atoms with E-state index in [9.17, 15) is 4.79 Å². The minimum atomic E-state index is -0.185. The highest BCUT2D eigenvalue weighted by atomic mass is 16.2. The van der Waals surface area contributed by atoms with Crippen molar-refractivity contribution >= 4 is 17.3 Å². The fourth-order valence-electron chi connectivity index (χ4n) is 2.97. The third kappa shape index (κ3) is 2.91. The van der Waals surface area contributed by atoms with E-state index < -0.39 is 0 Å². The van der Waals surface area contributed by atoms with Gasteiger partial charge in [0.05, 0.1) is 0 Å². The molecule has 1 aromatic carbocycles. The van der Waals surface area contributed by atoms with Crippen LogP contribution < -0.4 is 10.6 Å². The number of carbonyl (C=O) groups is 1. The maximum absolute atomic E-state index is 12.8. The molecule has 0 unspecified atom stereocenters. The van der Waals surface area contributed by atoms with Gasteiger partial charge >= 0.3 is 0 Å². The Hall–Kier alpha value is -1.51. The van der Waals surface area contributed by atoms with Gasteiger partial charge in [0, 0.05) is 23.3 Å². The molecule has 0 saturated heterocycles. The van der Waals surface area contributed by atoms with Crippen LogP contribution in [0.1, 0.15) is 46.0 Å². The van der Waals surface area contributed by atoms with Gasteiger partial charge in [-0.25, -0.2) is 0 Å². The molecule has 0 bridgehead atoms. The second-order valence-electron chi connectivity index (χ2n) is 5.76. The van der Waals surface area contributed by atoms with Gasteiger partial charge in [0.2, 0.25) is 5.91 Å². The number of benzene rings is 1. The van der Waals surface area contributed by atoms with Crippen LogP contribution in [0.15, 0.2) is 24.3 Å². The van der Waals surface area contributed by atoms with Crippen molar-refractivity contribution in [3.05, 3.63) is 24.3 Å². The van der Waals surface area contributed by atoms with E-state index in [-0.39, 0.29) is 11.3 Å². The summed E-state index contributed by atoms with van der Waals surface area (Å²) in [6, 6.07) is 7.58. The van der Waals surface area contributed by atoms with Crippen molar-refractivity contribution in [2.75, 3.05) is 17.2 Å². The van der Waals surface area contributed by atoms with Gasteiger partial charge < -0.3 is 10.6 Å². The van der Waals surface area contributed by atoms with Crippen LogP contribution in [-0.4, -0.2) is 12.5 Å². The largest absolute Gasteiger partial charge is 0.399 e. The van der Waals surface area contributed by atoms with Crippen LogP contribution in [-0.2, 0) is 4.79 Å². The van der Waals surface area contributed by atoms with Gasteiger partial charge in [0.25, 0.3) is 0 Å². The van der Waals surface area contributed by atoms with Crippen LogP contribution in [0.25, 0.3) is 0 Å². The van der Waals surface area contributed by atoms with Crippen molar-refractivity contribution in [3.8, 4) is 0 Å². The summed E-state index contributed by atoms with van der Waals surface area (Å²) >= 11 is 0. The first-order chi connectivity index (χ1) is 9.07. The van der Waals surface area contributed by atoms with Crippen LogP contribution in [0.5, 0.6) is 0 Å². The van der Waals surface area contributed by atoms with Gasteiger partial charge in [0.1, 0.15) is 0 Å². The van der Waals surface area contributed by atoms with Crippen LogP contribution in [0.2, 0.25) is 0 Å². The van der Waals surface area contributed by atoms with Crippen molar-refractivity contribution < 1.29 is 4.79 Å². The quantitative estimate of drug-likeness (QED) is 0.844. The van der Waals surface area contributed by atoms with Gasteiger partial charge in [-0.05, 0) is 44.0 Å². The van der Waals surface area contributed by atoms with Crippen molar-refractivity contribution in [1.82, 2.24) is 0 Å². The Bertz CT molecular complexity index is 433. The highest BCUT2D eigenvalue weighted by molar-refractivity contribution is 5.97. The number of rotatable bonds is 3. The molecule has 104 valence electrons. The van der Waals surface area contributed by atoms with Crippen LogP contribution in [0.4, 0.5) is 11.4 Å². The van der Waals surface area contributed by atoms with Gasteiger partial charge in [-0.1, -0.05) is 26.2 Å². The number of hydrogen-bond acceptors (Lipinski definition) is 2. The minimum Gasteiger partial charge on any atom is -0.399 e. The van der Waals surface area contributed by atoms with Crippen molar-refractivity contribution in [1.29, 1.82) is 0 Å². The lowest BCUT2D eigenvalue weighted by molar-refractivity contribution is -0.129. The van der Waals surface area contributed by atoms with Crippen molar-refractivity contribution in [2.24, 2.45) is 5.41 Å². The fourth-order valence-corrected chi connectivity index (χ4v) is 2.97. The second kappa shape index (κ2) is 5.64. The predicted molar refractivity (Wildman–Crippen MR) is 80.1 cm³/mol. The fraction of sp³-hybridized carbons (Fsp3) is 0.562. The van der Waals surface area contributed by atoms with Crippen LogP contribution >= 0.6 is 0 Å². The Labute approximate surface area is 115 Å². The van der Waals surface area contributed by atoms with Crippen molar-refractivity contribution in [2.45, 2.75) is 46.0 Å². The average Bonchev–Trinajstić information content (AvgIpc) is 2.42. The molecule has 1 fully saturated rings. The Morgan fingerprint density at radius 1 is 1.21 bits per heavy atom. The Balaban J connectivity index is 2.21. The van der Waals surface area contributed by atoms with E-state index >= 15 is 0 Å². The molecule has 0 aromatic heterocycles. The normalized spacial score (nSPS) is 18.0. The zero-order valence-corrected chi connectivity index (χ0v) is 12.0. The molecule has 0 heterocycles. The predicted octanol–water partition coefficient (Wildman–Crippen LogP) is 3.59. The van der Waals surface area contributed by atoms with Gasteiger partial charge in [-0.15, -0.1) is 0 Å². The molecule has 2 rings (SSSR count). The maximum Gasteiger partial charge on any atom is 0.232 e. The van der Waals surface area contributed by atoms with E-state index in [1.54, 1.807) is 0 Å². The third-order valence-electron chi connectivity index (χ3n) is 4.24. The molecule has 0 radical (unpaired) electrons. The van der Waals surface area contributed by atoms with Crippen molar-refractivity contribution in [3.63, 3.8) is 0 Å². The summed E-state index contributed by atoms with van der Waals surface area (Å²) in [5, 5.41) is 0. The standard InChI is InChI=1S/C16H24N2O/c1-3-18(14-9-7-13(17)8-10-14)15(19)16(2)11-5-4-6-12-16/h7-10H,3-6,11-12,17H2,1-2H3. The first-order valence-corrected chi connectivity index (χ1v) is 7.24. The number of carbonyl (C=O) groups excluding carboxylic acids is 1. The second-order valence-corrected chi connectivity index (χ2v) is 5.76. The molecule has 1 aliphatic rings. The van der Waals surface area contributed by atoms with Crippen LogP contribution in [0.3, 0.4) is 0 Å². The molecular formula is C16H24N2O. The lowest BCUT2D eigenvalue weighted by atomic mass is 9.74. The van der Waals surface area contributed by atoms with E-state index in [4.69, 9.17) is 5.73 Å². The Morgan fingerprint density at radius 2 is 1.79 bits per heavy atom. The summed E-state index contributed by atoms with van der Waals surface area (Å²) in [6.07, 6.45) is 5.62. The van der Waals surface area contributed by atoms with Crippen LogP contribution in [0, 0.1) is 5.41 Å². The molecule has 0 spiro atoms. The summed E-state index contributed by atoms with van der Waals surface area (Å²) in [7, 11) is 0. The van der Waals surface area contributed by atoms with E-state index in [2.05, 4.69) is 6.92 Å². The third-order valence-corrected chi connectivity index (χ3v) is 4.24. The Morgan fingerprint density at radius 3 is 2.32 bits per heavy atom. The van der Waals surface area contributed by atoms with E-state index in [0.717, 1.165) is 24.2 Å². The number of nitrogens with zero attached hydrogens (tertiary/aromatic N) is 1. The number of amides is 1. The molecule has 2 N–H and O–H groups in total. The molecule has 0 aliphatic heterocycles. The Kier molecular flexibility index (Phi) is 4.13. The van der Waals surface area contributed by atoms with E-state index in [1.165, 1.54) is 19.3 Å². The monoisotopic (exact) mass is 260 g/mol. The molecule has 3 heteroatoms. The highest BCUT2D eigenvalue weighted by Gasteiger charge is 2.37. The van der Waals surface area contributed by atoms with Gasteiger partial charge in [-0.3, -0.25) is 4.79 Å². The summed E-state index contributed by atoms with van der Waals surface area (Å²) < 4.78 is 0. The molecule has 1 aromatic rings. The molecule has 1 aliphatic carbocycles. The first kappa shape index (κ1) is 13.9. The maximum atomic E-state index is 12.8. The van der Waals surface area contributed by atoms with E-state index in [1.807, 2.05) is 36.1 Å². The summed E-state index contributed by atoms with van der Waals surface area (Å²) in [6.45, 7) is 4.85. The lowest BCUT2D eigenvalue weighted by Gasteiger charge is -2.36. The molecule has 19 heavy (non-hydrogen) atoms. The lowest BCUT2D eigenvalue weighted by Crippen LogP contribution is -2.43. The van der Waals surface area contributed by atoms with Gasteiger partial charge in [-0.2, -0.15) is 0 Å². The number of anilines is 2. The highest BCUT2D eigenvalue weighted by Crippen LogP contribution is 2.38. The SMILES string of the molecule is CCN(C(=O)C1(C)CCCCC1)c1ccc(N)cc1. The number of hydrogen-bond donors (Lipinski definition) is 1. The molecule has 0 atom stereocenters. The zero-order valence-electron chi connectivity index (χ0n) is 12.0. The summed E-state index contributed by atoms with van der Waals surface area (Å²) in [5.74, 6) is 0.263. The zero-order chi connectivity index (χ0) is 13.9. The minimum absolute atomic E-state index is 0.185. The smallest absolute Gasteiger partial charge is 0.232 e. The molecule has 1 saturated carbocycles. The number of nitrogen functional groups attached to an aromatic ring is 1.